The van der Waals surface area contributed by atoms with Gasteiger partial charge in [-0.2, -0.15) is 0 Å². The number of benzene rings is 1. The van der Waals surface area contributed by atoms with Crippen molar-refractivity contribution in [2.24, 2.45) is 5.73 Å². The number of amides is 3. The zero-order valence-electron chi connectivity index (χ0n) is 10.9. The second-order valence-electron chi connectivity index (χ2n) is 4.54. The Balaban J connectivity index is 2.48. The van der Waals surface area contributed by atoms with Crippen LogP contribution in [0.4, 0.5) is 4.79 Å². The van der Waals surface area contributed by atoms with Crippen molar-refractivity contribution in [3.8, 4) is 5.75 Å². The van der Waals surface area contributed by atoms with Crippen LogP contribution in [0.3, 0.4) is 0 Å². The largest absolute Gasteiger partial charge is 0.496 e. The summed E-state index contributed by atoms with van der Waals surface area (Å²) in [6, 6.07) is 4.89. The van der Waals surface area contributed by atoms with E-state index in [1.54, 1.807) is 19.2 Å². The van der Waals surface area contributed by atoms with Gasteiger partial charge in [-0.25, -0.2) is 4.79 Å². The topological polar surface area (TPSA) is 93.4 Å². The highest BCUT2D eigenvalue weighted by molar-refractivity contribution is 6.07. The third-order valence-corrected chi connectivity index (χ3v) is 3.35. The Hall–Kier alpha value is -2.08. The summed E-state index contributed by atoms with van der Waals surface area (Å²) >= 11 is 0. The van der Waals surface area contributed by atoms with Gasteiger partial charge in [0.15, 0.2) is 0 Å². The predicted octanol–water partition coefficient (Wildman–Crippen LogP) is 0.387. The van der Waals surface area contributed by atoms with Gasteiger partial charge in [-0.1, -0.05) is 6.07 Å². The van der Waals surface area contributed by atoms with E-state index in [2.05, 4.69) is 10.6 Å². The van der Waals surface area contributed by atoms with E-state index in [0.29, 0.717) is 18.5 Å². The second-order valence-corrected chi connectivity index (χ2v) is 4.54. The number of urea groups is 1. The molecular formula is C13H17N3O3. The number of methoxy groups -OCH3 is 1. The van der Waals surface area contributed by atoms with Gasteiger partial charge in [-0.05, 0) is 43.1 Å². The molecule has 1 aromatic carbocycles. The maximum atomic E-state index is 12.1. The standard InChI is InChI=1S/C13H17N3O3/c1-8-7-9(3-4-10(8)19-2)13(5-6-14)11(17)15-12(18)16-13/h3-4,7H,5-6,14H2,1-2H3,(H2,15,16,17,18). The monoisotopic (exact) mass is 263 g/mol. The van der Waals surface area contributed by atoms with Gasteiger partial charge in [0.05, 0.1) is 7.11 Å². The fourth-order valence-corrected chi connectivity index (χ4v) is 2.38. The van der Waals surface area contributed by atoms with Gasteiger partial charge in [0.1, 0.15) is 11.3 Å². The molecule has 102 valence electrons. The van der Waals surface area contributed by atoms with Crippen LogP contribution >= 0.6 is 0 Å². The molecule has 0 spiro atoms. The van der Waals surface area contributed by atoms with Crippen molar-refractivity contribution in [1.82, 2.24) is 10.6 Å². The maximum absolute atomic E-state index is 12.1. The first kappa shape index (κ1) is 13.4. The van der Waals surface area contributed by atoms with Crippen LogP contribution in [0.15, 0.2) is 18.2 Å². The van der Waals surface area contributed by atoms with Crippen LogP contribution in [-0.4, -0.2) is 25.6 Å². The fraction of sp³-hybridized carbons (Fsp3) is 0.385. The highest BCUT2D eigenvalue weighted by atomic mass is 16.5. The summed E-state index contributed by atoms with van der Waals surface area (Å²) in [7, 11) is 1.59. The lowest BCUT2D eigenvalue weighted by atomic mass is 9.86. The molecule has 2 rings (SSSR count). The molecule has 0 saturated carbocycles. The molecule has 1 saturated heterocycles. The van der Waals surface area contributed by atoms with Crippen molar-refractivity contribution in [2.75, 3.05) is 13.7 Å². The number of ether oxygens (including phenoxy) is 1. The number of imide groups is 1. The summed E-state index contributed by atoms with van der Waals surface area (Å²) in [6.07, 6.45) is 0.344. The molecule has 19 heavy (non-hydrogen) atoms. The number of carbonyl (C=O) groups is 2. The van der Waals surface area contributed by atoms with E-state index in [1.165, 1.54) is 0 Å². The first-order valence-corrected chi connectivity index (χ1v) is 6.02. The highest BCUT2D eigenvalue weighted by Gasteiger charge is 2.47. The Bertz CT molecular complexity index is 530. The molecule has 0 radical (unpaired) electrons. The van der Waals surface area contributed by atoms with Crippen molar-refractivity contribution in [1.29, 1.82) is 0 Å². The van der Waals surface area contributed by atoms with Crippen molar-refractivity contribution in [3.05, 3.63) is 29.3 Å². The molecule has 6 heteroatoms. The number of nitrogens with two attached hydrogens (primary N) is 1. The van der Waals surface area contributed by atoms with Gasteiger partial charge in [0.25, 0.3) is 5.91 Å². The average Bonchev–Trinajstić information content (AvgIpc) is 2.65. The summed E-state index contributed by atoms with van der Waals surface area (Å²) in [4.78, 5) is 23.5. The van der Waals surface area contributed by atoms with E-state index in [4.69, 9.17) is 10.5 Å². The van der Waals surface area contributed by atoms with E-state index in [9.17, 15) is 9.59 Å². The van der Waals surface area contributed by atoms with Crippen LogP contribution < -0.4 is 21.1 Å². The summed E-state index contributed by atoms with van der Waals surface area (Å²) < 4.78 is 5.19. The number of carbonyl (C=O) groups excluding carboxylic acids is 2. The van der Waals surface area contributed by atoms with Crippen LogP contribution in [0, 0.1) is 6.92 Å². The lowest BCUT2D eigenvalue weighted by Crippen LogP contribution is -2.45. The number of hydrogen-bond donors (Lipinski definition) is 3. The maximum Gasteiger partial charge on any atom is 0.322 e. The summed E-state index contributed by atoms with van der Waals surface area (Å²) in [6.45, 7) is 2.17. The van der Waals surface area contributed by atoms with Crippen molar-refractivity contribution >= 4 is 11.9 Å². The molecule has 4 N–H and O–H groups in total. The summed E-state index contributed by atoms with van der Waals surface area (Å²) in [5, 5.41) is 4.94. The summed E-state index contributed by atoms with van der Waals surface area (Å²) in [5.74, 6) is 0.365. The lowest BCUT2D eigenvalue weighted by Gasteiger charge is -2.26. The molecule has 1 aliphatic rings. The fourth-order valence-electron chi connectivity index (χ4n) is 2.38. The smallest absolute Gasteiger partial charge is 0.322 e. The van der Waals surface area contributed by atoms with Crippen LogP contribution in [0.5, 0.6) is 5.75 Å². The molecule has 1 heterocycles. The number of rotatable bonds is 4. The molecule has 0 bridgehead atoms. The van der Waals surface area contributed by atoms with Crippen LogP contribution in [0.25, 0.3) is 0 Å². The van der Waals surface area contributed by atoms with E-state index >= 15 is 0 Å². The van der Waals surface area contributed by atoms with E-state index in [1.807, 2.05) is 13.0 Å². The van der Waals surface area contributed by atoms with Crippen molar-refractivity contribution < 1.29 is 14.3 Å². The van der Waals surface area contributed by atoms with E-state index in [0.717, 1.165) is 11.3 Å². The molecule has 0 aromatic heterocycles. The van der Waals surface area contributed by atoms with Gasteiger partial charge in [0, 0.05) is 0 Å². The first-order valence-electron chi connectivity index (χ1n) is 6.02. The Labute approximate surface area is 111 Å². The van der Waals surface area contributed by atoms with Gasteiger partial charge in [-0.15, -0.1) is 0 Å². The van der Waals surface area contributed by atoms with Gasteiger partial charge in [-0.3, -0.25) is 10.1 Å². The van der Waals surface area contributed by atoms with Crippen LogP contribution in [-0.2, 0) is 10.3 Å². The predicted molar refractivity (Wildman–Crippen MR) is 69.8 cm³/mol. The zero-order chi connectivity index (χ0) is 14.0. The Morgan fingerprint density at radius 1 is 1.37 bits per heavy atom. The number of aryl methyl sites for hydroxylation is 1. The first-order chi connectivity index (χ1) is 9.03. The molecule has 1 aromatic rings. The number of hydrogen-bond acceptors (Lipinski definition) is 4. The Kier molecular flexibility index (Phi) is 3.44. The Morgan fingerprint density at radius 2 is 2.11 bits per heavy atom. The minimum Gasteiger partial charge on any atom is -0.496 e. The Morgan fingerprint density at radius 3 is 2.58 bits per heavy atom. The minimum atomic E-state index is -1.08. The molecule has 1 atom stereocenters. The van der Waals surface area contributed by atoms with Gasteiger partial charge >= 0.3 is 6.03 Å². The highest BCUT2D eigenvalue weighted by Crippen LogP contribution is 2.31. The van der Waals surface area contributed by atoms with Gasteiger partial charge < -0.3 is 15.8 Å². The van der Waals surface area contributed by atoms with Crippen molar-refractivity contribution in [3.63, 3.8) is 0 Å². The van der Waals surface area contributed by atoms with Crippen LogP contribution in [0.2, 0.25) is 0 Å². The molecule has 0 aliphatic carbocycles. The minimum absolute atomic E-state index is 0.290. The SMILES string of the molecule is COc1ccc(C2(CCN)NC(=O)NC2=O)cc1C. The normalized spacial score (nSPS) is 22.1. The van der Waals surface area contributed by atoms with Crippen molar-refractivity contribution in [2.45, 2.75) is 18.9 Å². The van der Waals surface area contributed by atoms with E-state index in [-0.39, 0.29) is 5.91 Å². The molecule has 1 aliphatic heterocycles. The molecular weight excluding hydrogens is 246 g/mol. The zero-order valence-corrected chi connectivity index (χ0v) is 10.9. The lowest BCUT2D eigenvalue weighted by molar-refractivity contribution is -0.124. The van der Waals surface area contributed by atoms with Crippen LogP contribution in [0.1, 0.15) is 17.5 Å². The average molecular weight is 263 g/mol. The molecule has 6 nitrogen and oxygen atoms in total. The third-order valence-electron chi connectivity index (χ3n) is 3.35. The van der Waals surface area contributed by atoms with E-state index < -0.39 is 11.6 Å². The number of nitrogens with one attached hydrogen (secondary N) is 2. The third kappa shape index (κ3) is 2.15. The molecule has 3 amide bonds. The molecule has 1 unspecified atom stereocenters. The second kappa shape index (κ2) is 4.89. The quantitative estimate of drug-likeness (QED) is 0.685. The summed E-state index contributed by atoms with van der Waals surface area (Å²) in [5.41, 5.74) is 6.10. The van der Waals surface area contributed by atoms with Gasteiger partial charge in [0.2, 0.25) is 0 Å². The molecule has 1 fully saturated rings.